The van der Waals surface area contributed by atoms with Gasteiger partial charge in [0.2, 0.25) is 0 Å². The highest BCUT2D eigenvalue weighted by Gasteiger charge is 2.14. The number of hydrogen-bond donors (Lipinski definition) is 1. The van der Waals surface area contributed by atoms with Gasteiger partial charge in [-0.25, -0.2) is 4.98 Å². The zero-order valence-corrected chi connectivity index (χ0v) is 9.84. The molecule has 0 amide bonds. The molecular weight excluding hydrogens is 226 g/mol. The fraction of sp³-hybridized carbons (Fsp3) is 0.0714. The van der Waals surface area contributed by atoms with Crippen LogP contribution in [0.4, 0.5) is 0 Å². The Hall–Kier alpha value is -2.49. The van der Waals surface area contributed by atoms with E-state index in [2.05, 4.69) is 15.0 Å². The molecule has 0 atom stereocenters. The first kappa shape index (κ1) is 10.7. The highest BCUT2D eigenvalue weighted by atomic mass is 16.1. The molecule has 0 fully saturated rings. The third-order valence-corrected chi connectivity index (χ3v) is 2.87. The Kier molecular flexibility index (Phi) is 2.41. The lowest BCUT2D eigenvalue weighted by Gasteiger charge is -1.99. The van der Waals surface area contributed by atoms with Crippen molar-refractivity contribution in [3.8, 4) is 0 Å². The van der Waals surface area contributed by atoms with Gasteiger partial charge >= 0.3 is 0 Å². The highest BCUT2D eigenvalue weighted by Crippen LogP contribution is 2.19. The minimum atomic E-state index is -0.0400. The number of hydrogen-bond acceptors (Lipinski definition) is 3. The number of carbonyl (C=O) groups is 1. The summed E-state index contributed by atoms with van der Waals surface area (Å²) in [6, 6.07) is 7.33. The molecule has 4 nitrogen and oxygen atoms in total. The number of nitrogens with one attached hydrogen (secondary N) is 1. The quantitative estimate of drug-likeness (QED) is 0.696. The lowest BCUT2D eigenvalue weighted by Crippen LogP contribution is -2.01. The first-order valence-corrected chi connectivity index (χ1v) is 5.65. The molecule has 88 valence electrons. The maximum absolute atomic E-state index is 12.3. The largest absolute Gasteiger partial charge is 0.345 e. The van der Waals surface area contributed by atoms with Gasteiger partial charge in [-0.1, -0.05) is 0 Å². The van der Waals surface area contributed by atoms with Gasteiger partial charge in [0.25, 0.3) is 0 Å². The van der Waals surface area contributed by atoms with Gasteiger partial charge in [-0.05, 0) is 31.2 Å². The van der Waals surface area contributed by atoms with E-state index in [1.807, 2.05) is 25.1 Å². The summed E-state index contributed by atoms with van der Waals surface area (Å²) >= 11 is 0. The van der Waals surface area contributed by atoms with Crippen LogP contribution in [0.15, 0.2) is 42.9 Å². The van der Waals surface area contributed by atoms with Crippen molar-refractivity contribution >= 4 is 16.8 Å². The molecule has 1 N–H and O–H groups in total. The number of H-pyrrole nitrogens is 1. The molecule has 0 unspecified atom stereocenters. The normalized spacial score (nSPS) is 10.7. The van der Waals surface area contributed by atoms with E-state index in [1.54, 1.807) is 24.7 Å². The van der Waals surface area contributed by atoms with E-state index >= 15 is 0 Å². The number of aromatic amines is 1. The lowest BCUT2D eigenvalue weighted by atomic mass is 10.1. The van der Waals surface area contributed by atoms with Gasteiger partial charge < -0.3 is 4.98 Å². The maximum Gasteiger partial charge on any atom is 0.196 e. The summed E-state index contributed by atoms with van der Waals surface area (Å²) < 4.78 is 0. The van der Waals surface area contributed by atoms with Crippen LogP contribution in [0.25, 0.3) is 11.0 Å². The van der Waals surface area contributed by atoms with Crippen LogP contribution >= 0.6 is 0 Å². The Bertz CT molecular complexity index is 713. The summed E-state index contributed by atoms with van der Waals surface area (Å²) in [5.41, 5.74) is 2.84. The molecule has 3 rings (SSSR count). The minimum absolute atomic E-state index is 0.0400. The number of fused-ring (bicyclic) bond motifs is 1. The number of nitrogens with zero attached hydrogens (tertiary/aromatic N) is 2. The number of carbonyl (C=O) groups excluding carboxylic acids is 1. The first-order valence-electron chi connectivity index (χ1n) is 5.65. The molecular formula is C14H11N3O. The molecule has 4 heteroatoms. The van der Waals surface area contributed by atoms with Gasteiger partial charge in [-0.2, -0.15) is 0 Å². The maximum atomic E-state index is 12.3. The van der Waals surface area contributed by atoms with Crippen LogP contribution in [0, 0.1) is 6.92 Å². The fourth-order valence-electron chi connectivity index (χ4n) is 1.90. The summed E-state index contributed by atoms with van der Waals surface area (Å²) in [4.78, 5) is 23.7. The van der Waals surface area contributed by atoms with Crippen LogP contribution in [0.2, 0.25) is 0 Å². The molecule has 0 saturated carbocycles. The van der Waals surface area contributed by atoms with Crippen molar-refractivity contribution in [1.29, 1.82) is 0 Å². The standard InChI is InChI=1S/C14H11N3O/c1-9-4-5-10(7-16-9)13(18)12-8-17-14-11(12)3-2-6-15-14/h2-8H,1H3,(H,15,17). The molecule has 3 aromatic rings. The average molecular weight is 237 g/mol. The van der Waals surface area contributed by atoms with Gasteiger partial charge in [-0.15, -0.1) is 0 Å². The van der Waals surface area contributed by atoms with E-state index in [-0.39, 0.29) is 5.78 Å². The number of ketones is 1. The number of pyridine rings is 2. The second-order valence-electron chi connectivity index (χ2n) is 4.12. The molecule has 3 heterocycles. The molecule has 0 saturated heterocycles. The molecule has 0 spiro atoms. The van der Waals surface area contributed by atoms with Crippen molar-refractivity contribution in [1.82, 2.24) is 15.0 Å². The lowest BCUT2D eigenvalue weighted by molar-refractivity contribution is 0.104. The van der Waals surface area contributed by atoms with Crippen LogP contribution in [-0.4, -0.2) is 20.7 Å². The summed E-state index contributed by atoms with van der Waals surface area (Å²) in [6.45, 7) is 1.89. The van der Waals surface area contributed by atoms with E-state index in [0.717, 1.165) is 16.7 Å². The Morgan fingerprint density at radius 2 is 2.11 bits per heavy atom. The monoisotopic (exact) mass is 237 g/mol. The summed E-state index contributed by atoms with van der Waals surface area (Å²) in [5, 5.41) is 0.836. The Morgan fingerprint density at radius 1 is 1.22 bits per heavy atom. The highest BCUT2D eigenvalue weighted by molar-refractivity contribution is 6.15. The van der Waals surface area contributed by atoms with Gasteiger partial charge in [0, 0.05) is 40.8 Å². The number of aryl methyl sites for hydroxylation is 1. The molecule has 0 aliphatic heterocycles. The van der Waals surface area contributed by atoms with E-state index in [4.69, 9.17) is 0 Å². The predicted octanol–water partition coefficient (Wildman–Crippen LogP) is 2.50. The van der Waals surface area contributed by atoms with Crippen LogP contribution in [0.5, 0.6) is 0 Å². The second-order valence-corrected chi connectivity index (χ2v) is 4.12. The van der Waals surface area contributed by atoms with Gasteiger partial charge in [0.15, 0.2) is 5.78 Å². The third-order valence-electron chi connectivity index (χ3n) is 2.87. The van der Waals surface area contributed by atoms with Crippen molar-refractivity contribution in [3.63, 3.8) is 0 Å². The average Bonchev–Trinajstić information content (AvgIpc) is 2.82. The third kappa shape index (κ3) is 1.68. The van der Waals surface area contributed by atoms with Gasteiger partial charge in [-0.3, -0.25) is 9.78 Å². The van der Waals surface area contributed by atoms with Crippen molar-refractivity contribution in [3.05, 3.63) is 59.7 Å². The van der Waals surface area contributed by atoms with Crippen LogP contribution in [-0.2, 0) is 0 Å². The van der Waals surface area contributed by atoms with Crippen molar-refractivity contribution in [2.24, 2.45) is 0 Å². The molecule has 3 aromatic heterocycles. The Balaban J connectivity index is 2.09. The van der Waals surface area contributed by atoms with Gasteiger partial charge in [0.1, 0.15) is 5.65 Å². The second kappa shape index (κ2) is 4.07. The molecule has 18 heavy (non-hydrogen) atoms. The molecule has 0 radical (unpaired) electrons. The van der Waals surface area contributed by atoms with Crippen molar-refractivity contribution in [2.45, 2.75) is 6.92 Å². The first-order chi connectivity index (χ1) is 8.75. The van der Waals surface area contributed by atoms with Crippen LogP contribution in [0.1, 0.15) is 21.6 Å². The molecule has 0 aliphatic carbocycles. The van der Waals surface area contributed by atoms with E-state index in [1.165, 1.54) is 0 Å². The zero-order valence-electron chi connectivity index (χ0n) is 9.84. The molecule has 0 aromatic carbocycles. The predicted molar refractivity (Wildman–Crippen MR) is 68.5 cm³/mol. The van der Waals surface area contributed by atoms with Crippen LogP contribution in [0.3, 0.4) is 0 Å². The topological polar surface area (TPSA) is 58.6 Å². The van der Waals surface area contributed by atoms with Crippen LogP contribution < -0.4 is 0 Å². The van der Waals surface area contributed by atoms with Crippen molar-refractivity contribution < 1.29 is 4.79 Å². The summed E-state index contributed by atoms with van der Waals surface area (Å²) in [7, 11) is 0. The molecule has 0 bridgehead atoms. The van der Waals surface area contributed by atoms with Gasteiger partial charge in [0.05, 0.1) is 0 Å². The number of aromatic nitrogens is 3. The molecule has 0 aliphatic rings. The van der Waals surface area contributed by atoms with E-state index < -0.39 is 0 Å². The van der Waals surface area contributed by atoms with Crippen molar-refractivity contribution in [2.75, 3.05) is 0 Å². The smallest absolute Gasteiger partial charge is 0.196 e. The Morgan fingerprint density at radius 3 is 2.89 bits per heavy atom. The summed E-state index contributed by atoms with van der Waals surface area (Å²) in [6.07, 6.45) is 4.99. The zero-order chi connectivity index (χ0) is 12.5. The minimum Gasteiger partial charge on any atom is -0.345 e. The Labute approximate surface area is 104 Å². The summed E-state index contributed by atoms with van der Waals surface area (Å²) in [5.74, 6) is -0.0400. The fourth-order valence-corrected chi connectivity index (χ4v) is 1.90. The SMILES string of the molecule is Cc1ccc(C(=O)c2c[nH]c3ncccc23)cn1. The van der Waals surface area contributed by atoms with E-state index in [9.17, 15) is 4.79 Å². The number of rotatable bonds is 2. The van der Waals surface area contributed by atoms with E-state index in [0.29, 0.717) is 11.1 Å².